The number of carbonyl (C=O) groups is 2. The van der Waals surface area contributed by atoms with E-state index in [1.807, 2.05) is 12.2 Å². The van der Waals surface area contributed by atoms with Gasteiger partial charge in [-0.05, 0) is 64.2 Å². The molecule has 0 heterocycles. The Kier molecular flexibility index (Phi) is 34.3. The number of unbranched alkanes of at least 4 members (excludes halogenated alkanes) is 15. The van der Waals surface area contributed by atoms with Crippen LogP contribution in [-0.2, 0) is 32.7 Å². The van der Waals surface area contributed by atoms with Crippen molar-refractivity contribution in [3.8, 4) is 0 Å². The van der Waals surface area contributed by atoms with Gasteiger partial charge in [0.15, 0.2) is 6.10 Å². The van der Waals surface area contributed by atoms with Crippen LogP contribution in [0.1, 0.15) is 168 Å². The van der Waals surface area contributed by atoms with Gasteiger partial charge in [0.25, 0.3) is 0 Å². The maximum absolute atomic E-state index is 12.8. The van der Waals surface area contributed by atoms with Crippen molar-refractivity contribution in [2.24, 2.45) is 0 Å². The molecule has 0 aromatic rings. The number of aliphatic hydroxyl groups is 5. The fourth-order valence-corrected chi connectivity index (χ4v) is 7.62. The second-order valence-corrected chi connectivity index (χ2v) is 17.3. The fraction of sp³-hybridized carbons (Fsp3) is 0.745. The topological polar surface area (TPSA) is 210 Å². The smallest absolute Gasteiger partial charge is 0.462 e. The van der Waals surface area contributed by atoms with Crippen LogP contribution in [0.2, 0.25) is 0 Å². The molecule has 6 N–H and O–H groups in total. The Hall–Kier alpha value is -2.45. The van der Waals surface area contributed by atoms with Gasteiger partial charge in [-0.15, -0.1) is 0 Å². The minimum absolute atomic E-state index is 0.0125. The van der Waals surface area contributed by atoms with Crippen molar-refractivity contribution in [2.45, 2.75) is 211 Å². The maximum atomic E-state index is 12.8. The van der Waals surface area contributed by atoms with Crippen LogP contribution in [0.4, 0.5) is 0 Å². The molecule has 0 spiro atoms. The number of aliphatic hydroxyl groups excluding tert-OH is 5. The number of hydrogen-bond acceptors (Lipinski definition) is 12. The van der Waals surface area contributed by atoms with E-state index in [-0.39, 0.29) is 12.8 Å². The Morgan fingerprint density at radius 3 is 1.49 bits per heavy atom. The molecule has 1 aliphatic carbocycles. The third kappa shape index (κ3) is 29.5. The maximum Gasteiger partial charge on any atom is 0.472 e. The van der Waals surface area contributed by atoms with Crippen molar-refractivity contribution >= 4 is 19.8 Å². The van der Waals surface area contributed by atoms with Crippen LogP contribution in [0, 0.1) is 0 Å². The highest BCUT2D eigenvalue weighted by atomic mass is 31.2. The highest BCUT2D eigenvalue weighted by Crippen LogP contribution is 2.47. The van der Waals surface area contributed by atoms with E-state index >= 15 is 0 Å². The molecule has 0 aromatic heterocycles. The van der Waals surface area contributed by atoms with Crippen LogP contribution in [0.3, 0.4) is 0 Å². The first-order valence-electron chi connectivity index (χ1n) is 23.1. The highest BCUT2D eigenvalue weighted by molar-refractivity contribution is 7.47. The summed E-state index contributed by atoms with van der Waals surface area (Å²) in [5, 5.41) is 50.1. The zero-order valence-electron chi connectivity index (χ0n) is 37.2. The predicted octanol–water partition coefficient (Wildman–Crippen LogP) is 8.94. The van der Waals surface area contributed by atoms with Gasteiger partial charge in [0.1, 0.15) is 43.2 Å². The van der Waals surface area contributed by atoms with Crippen LogP contribution in [0.25, 0.3) is 0 Å². The third-order valence-corrected chi connectivity index (χ3v) is 11.3. The Labute approximate surface area is 366 Å². The molecule has 0 bridgehead atoms. The van der Waals surface area contributed by atoms with Crippen molar-refractivity contribution in [3.05, 3.63) is 60.8 Å². The number of ether oxygens (including phenoxy) is 2. The van der Waals surface area contributed by atoms with Crippen molar-refractivity contribution in [2.75, 3.05) is 13.2 Å². The second kappa shape index (κ2) is 37.0. The lowest BCUT2D eigenvalue weighted by atomic mass is 9.85. The third-order valence-electron chi connectivity index (χ3n) is 10.4. The lowest BCUT2D eigenvalue weighted by Crippen LogP contribution is -2.64. The SMILES string of the molecule is CC/C=C/C/C=C/C/C=C/CCCCCCCCCCCC(=O)OCC(COP(=O)(O)OC1C(O)C(O)C(O)[C@H](O)C1O)OC(=O)CC/C=C/C/C=C/CCCCCCCC. The summed E-state index contributed by atoms with van der Waals surface area (Å²) in [6.45, 7) is 3.12. The first-order valence-corrected chi connectivity index (χ1v) is 24.6. The molecule has 352 valence electrons. The molecule has 8 atom stereocenters. The van der Waals surface area contributed by atoms with Crippen LogP contribution in [-0.4, -0.2) is 98.3 Å². The quantitative estimate of drug-likeness (QED) is 0.0149. The van der Waals surface area contributed by atoms with Crippen molar-refractivity contribution in [1.82, 2.24) is 0 Å². The molecule has 1 fully saturated rings. The molecule has 13 nitrogen and oxygen atoms in total. The van der Waals surface area contributed by atoms with E-state index in [9.17, 15) is 44.6 Å². The van der Waals surface area contributed by atoms with Crippen LogP contribution in [0.15, 0.2) is 60.8 Å². The van der Waals surface area contributed by atoms with Gasteiger partial charge in [-0.25, -0.2) is 4.57 Å². The summed E-state index contributed by atoms with van der Waals surface area (Å²) in [4.78, 5) is 35.6. The molecule has 0 radical (unpaired) electrons. The van der Waals surface area contributed by atoms with E-state index < -0.39 is 75.7 Å². The van der Waals surface area contributed by atoms with Gasteiger partial charge in [0.2, 0.25) is 0 Å². The molecule has 1 saturated carbocycles. The molecule has 61 heavy (non-hydrogen) atoms. The second-order valence-electron chi connectivity index (χ2n) is 15.9. The molecule has 0 amide bonds. The van der Waals surface area contributed by atoms with E-state index in [0.717, 1.165) is 64.2 Å². The molecule has 7 unspecified atom stereocenters. The monoisotopic (exact) mass is 885 g/mol. The lowest BCUT2D eigenvalue weighted by molar-refractivity contribution is -0.220. The Balaban J connectivity index is 2.47. The largest absolute Gasteiger partial charge is 0.472 e. The van der Waals surface area contributed by atoms with E-state index in [1.165, 1.54) is 64.2 Å². The number of phosphoric acid groups is 1. The number of hydrogen-bond donors (Lipinski definition) is 6. The summed E-state index contributed by atoms with van der Waals surface area (Å²) >= 11 is 0. The summed E-state index contributed by atoms with van der Waals surface area (Å²) in [6, 6.07) is 0. The first-order chi connectivity index (χ1) is 29.4. The first kappa shape index (κ1) is 56.6. The van der Waals surface area contributed by atoms with Crippen molar-refractivity contribution in [3.63, 3.8) is 0 Å². The molecular formula is C47H81O13P. The van der Waals surface area contributed by atoms with Crippen molar-refractivity contribution in [1.29, 1.82) is 0 Å². The van der Waals surface area contributed by atoms with E-state index in [4.69, 9.17) is 18.5 Å². The molecule has 1 aliphatic rings. The van der Waals surface area contributed by atoms with Gasteiger partial charge < -0.3 is 39.9 Å². The fourth-order valence-electron chi connectivity index (χ4n) is 6.65. The molecule has 14 heteroatoms. The van der Waals surface area contributed by atoms with Crippen LogP contribution < -0.4 is 0 Å². The average Bonchev–Trinajstić information content (AvgIpc) is 3.24. The Bertz CT molecular complexity index is 1300. The summed E-state index contributed by atoms with van der Waals surface area (Å²) in [7, 11) is -5.13. The Morgan fingerprint density at radius 1 is 0.525 bits per heavy atom. The number of esters is 2. The van der Waals surface area contributed by atoms with Crippen LogP contribution >= 0.6 is 7.82 Å². The number of carbonyl (C=O) groups excluding carboxylic acids is 2. The van der Waals surface area contributed by atoms with E-state index in [2.05, 4.69) is 62.5 Å². The molecule has 1 rings (SSSR count). The standard InChI is InChI=1S/C47H81O13P/c1-3-5-7-9-11-13-15-17-18-19-20-21-22-24-25-27-29-31-33-35-40(48)57-37-39(38-58-61(55,56)60-47-45(53)43(51)42(50)44(52)46(47)54)59-41(49)36-34-32-30-28-26-23-16-14-12-10-8-6-4-2/h5,7,11,13,17-18,23,26,30,32,39,42-47,50-54H,3-4,6,8-10,12,14-16,19-22,24-25,27-29,31,33-38H2,1-2H3,(H,55,56)/b7-5+,13-11+,18-17+,26-23+,32-30+/t39?,42?,43-,44?,45?,46?,47?/m0/s1. The molecule has 0 aliphatic heterocycles. The van der Waals surface area contributed by atoms with E-state index in [1.54, 1.807) is 0 Å². The number of rotatable bonds is 37. The van der Waals surface area contributed by atoms with Gasteiger partial charge in [0.05, 0.1) is 6.61 Å². The van der Waals surface area contributed by atoms with Crippen molar-refractivity contribution < 1.29 is 63.1 Å². The van der Waals surface area contributed by atoms with Gasteiger partial charge >= 0.3 is 19.8 Å². The highest BCUT2D eigenvalue weighted by Gasteiger charge is 2.51. The predicted molar refractivity (Wildman–Crippen MR) is 239 cm³/mol. The normalized spacial score (nSPS) is 22.6. The zero-order chi connectivity index (χ0) is 45.0. The summed E-state index contributed by atoms with van der Waals surface area (Å²) in [5.74, 6) is -1.19. The summed E-state index contributed by atoms with van der Waals surface area (Å²) < 4.78 is 33.4. The Morgan fingerprint density at radius 2 is 0.967 bits per heavy atom. The van der Waals surface area contributed by atoms with Gasteiger partial charge in [-0.1, -0.05) is 152 Å². The summed E-state index contributed by atoms with van der Waals surface area (Å²) in [6.07, 6.45) is 31.5. The van der Waals surface area contributed by atoms with Gasteiger partial charge in [0, 0.05) is 12.8 Å². The molecule has 0 saturated heterocycles. The van der Waals surface area contributed by atoms with E-state index in [0.29, 0.717) is 12.8 Å². The average molecular weight is 885 g/mol. The number of allylic oxidation sites excluding steroid dienone is 10. The number of phosphoric ester groups is 1. The lowest BCUT2D eigenvalue weighted by Gasteiger charge is -2.41. The molecular weight excluding hydrogens is 803 g/mol. The zero-order valence-corrected chi connectivity index (χ0v) is 38.1. The van der Waals surface area contributed by atoms with Gasteiger partial charge in [-0.2, -0.15) is 0 Å². The van der Waals surface area contributed by atoms with Gasteiger partial charge in [-0.3, -0.25) is 18.6 Å². The van der Waals surface area contributed by atoms with Crippen LogP contribution in [0.5, 0.6) is 0 Å². The summed E-state index contributed by atoms with van der Waals surface area (Å²) in [5.41, 5.74) is 0. The minimum Gasteiger partial charge on any atom is -0.462 e. The molecule has 0 aromatic carbocycles. The minimum atomic E-state index is -5.13.